The van der Waals surface area contributed by atoms with Crippen molar-refractivity contribution in [3.63, 3.8) is 0 Å². The first-order chi connectivity index (χ1) is 4.63. The summed E-state index contributed by atoms with van der Waals surface area (Å²) in [4.78, 5) is 12.8. The third-order valence-electron chi connectivity index (χ3n) is 1.54. The van der Waals surface area contributed by atoms with E-state index in [1.807, 2.05) is 0 Å². The van der Waals surface area contributed by atoms with E-state index in [1.54, 1.807) is 13.8 Å². The average molecular weight is 141 g/mol. The van der Waals surface area contributed by atoms with Gasteiger partial charge in [0, 0.05) is 6.20 Å². The van der Waals surface area contributed by atoms with Crippen molar-refractivity contribution >= 4 is 0 Å². The first kappa shape index (κ1) is 6.99. The van der Waals surface area contributed by atoms with E-state index in [2.05, 4.69) is 4.98 Å². The second-order valence-electron chi connectivity index (χ2n) is 2.24. The Hall–Kier alpha value is -1.12. The number of hydrogen-bond acceptors (Lipinski definition) is 1. The van der Waals surface area contributed by atoms with Crippen LogP contribution in [0, 0.1) is 19.7 Å². The molecule has 1 heterocycles. The lowest BCUT2D eigenvalue weighted by Gasteiger charge is -1.97. The molecule has 0 bridgehead atoms. The summed E-state index contributed by atoms with van der Waals surface area (Å²) in [6, 6.07) is 0. The molecule has 3 heteroatoms. The lowest BCUT2D eigenvalue weighted by atomic mass is 10.2. The summed E-state index contributed by atoms with van der Waals surface area (Å²) in [6.45, 7) is 3.33. The van der Waals surface area contributed by atoms with E-state index >= 15 is 0 Å². The third kappa shape index (κ3) is 0.943. The summed E-state index contributed by atoms with van der Waals surface area (Å²) < 4.78 is 12.6. The lowest BCUT2D eigenvalue weighted by Crippen LogP contribution is -2.12. The molecule has 0 unspecified atom stereocenters. The van der Waals surface area contributed by atoms with E-state index in [9.17, 15) is 9.18 Å². The monoisotopic (exact) mass is 141 g/mol. The van der Waals surface area contributed by atoms with Crippen molar-refractivity contribution in [2.24, 2.45) is 0 Å². The van der Waals surface area contributed by atoms with Crippen molar-refractivity contribution < 1.29 is 4.39 Å². The molecule has 0 saturated heterocycles. The van der Waals surface area contributed by atoms with E-state index in [0.29, 0.717) is 5.56 Å². The van der Waals surface area contributed by atoms with Gasteiger partial charge in [-0.2, -0.15) is 0 Å². The molecule has 1 rings (SSSR count). The average Bonchev–Trinajstić information content (AvgIpc) is 1.93. The van der Waals surface area contributed by atoms with Gasteiger partial charge in [-0.3, -0.25) is 4.79 Å². The highest BCUT2D eigenvalue weighted by molar-refractivity contribution is 5.21. The van der Waals surface area contributed by atoms with Crippen LogP contribution in [0.25, 0.3) is 0 Å². The number of nitrogens with one attached hydrogen (secondary N) is 1. The van der Waals surface area contributed by atoms with Crippen molar-refractivity contribution in [3.8, 4) is 0 Å². The summed E-state index contributed by atoms with van der Waals surface area (Å²) in [6.07, 6.45) is 1.50. The van der Waals surface area contributed by atoms with Crippen LogP contribution in [0.2, 0.25) is 0 Å². The van der Waals surface area contributed by atoms with E-state index in [4.69, 9.17) is 0 Å². The van der Waals surface area contributed by atoms with Gasteiger partial charge in [-0.1, -0.05) is 0 Å². The normalized spacial score (nSPS) is 9.90. The number of H-pyrrole nitrogens is 1. The Morgan fingerprint density at radius 1 is 1.50 bits per heavy atom. The van der Waals surface area contributed by atoms with Crippen molar-refractivity contribution in [3.05, 3.63) is 33.5 Å². The summed E-state index contributed by atoms with van der Waals surface area (Å²) >= 11 is 0. The van der Waals surface area contributed by atoms with E-state index in [1.165, 1.54) is 6.20 Å². The largest absolute Gasteiger partial charge is 0.326 e. The van der Waals surface area contributed by atoms with E-state index in [-0.39, 0.29) is 0 Å². The lowest BCUT2D eigenvalue weighted by molar-refractivity contribution is 0.597. The molecule has 0 fully saturated rings. The molecule has 0 saturated carbocycles. The Kier molecular flexibility index (Phi) is 1.57. The van der Waals surface area contributed by atoms with Gasteiger partial charge < -0.3 is 4.98 Å². The highest BCUT2D eigenvalue weighted by Gasteiger charge is 2.02. The minimum Gasteiger partial charge on any atom is -0.326 e. The van der Waals surface area contributed by atoms with Gasteiger partial charge in [-0.15, -0.1) is 0 Å². The van der Waals surface area contributed by atoms with E-state index < -0.39 is 11.4 Å². The molecular weight excluding hydrogens is 133 g/mol. The zero-order valence-electron chi connectivity index (χ0n) is 5.86. The Bertz CT molecular complexity index is 303. The number of pyridine rings is 1. The minimum absolute atomic E-state index is 0.420. The molecule has 54 valence electrons. The van der Waals surface area contributed by atoms with Crippen LogP contribution in [0.3, 0.4) is 0 Å². The third-order valence-corrected chi connectivity index (χ3v) is 1.54. The Labute approximate surface area is 57.7 Å². The van der Waals surface area contributed by atoms with Crippen LogP contribution in [-0.2, 0) is 0 Å². The predicted molar refractivity (Wildman–Crippen MR) is 36.5 cm³/mol. The van der Waals surface area contributed by atoms with Gasteiger partial charge in [0.1, 0.15) is 0 Å². The highest BCUT2D eigenvalue weighted by atomic mass is 19.1. The standard InChI is InChI=1S/C7H8FNO/c1-4-3-9-7(10)6(8)5(4)2/h3H,1-2H3,(H,9,10). The second kappa shape index (κ2) is 2.25. The zero-order valence-corrected chi connectivity index (χ0v) is 5.86. The molecule has 10 heavy (non-hydrogen) atoms. The number of aryl methyl sites for hydroxylation is 1. The van der Waals surface area contributed by atoms with Crippen LogP contribution in [0.15, 0.2) is 11.0 Å². The molecule has 0 aliphatic rings. The quantitative estimate of drug-likeness (QED) is 0.577. The molecule has 2 nitrogen and oxygen atoms in total. The van der Waals surface area contributed by atoms with Crippen LogP contribution in [0.5, 0.6) is 0 Å². The molecule has 1 N–H and O–H groups in total. The van der Waals surface area contributed by atoms with Crippen LogP contribution in [-0.4, -0.2) is 4.98 Å². The van der Waals surface area contributed by atoms with Gasteiger partial charge in [0.15, 0.2) is 5.82 Å². The summed E-state index contributed by atoms with van der Waals surface area (Å²) in [7, 11) is 0. The van der Waals surface area contributed by atoms with Crippen molar-refractivity contribution in [1.82, 2.24) is 4.98 Å². The maximum absolute atomic E-state index is 12.6. The fourth-order valence-electron chi connectivity index (χ4n) is 0.689. The van der Waals surface area contributed by atoms with Gasteiger partial charge in [0.05, 0.1) is 0 Å². The predicted octanol–water partition coefficient (Wildman–Crippen LogP) is 1.13. The summed E-state index contributed by atoms with van der Waals surface area (Å²) in [5.41, 5.74) is 0.531. The fraction of sp³-hybridized carbons (Fsp3) is 0.286. The van der Waals surface area contributed by atoms with Crippen molar-refractivity contribution in [2.75, 3.05) is 0 Å². The smallest absolute Gasteiger partial charge is 0.284 e. The molecule has 0 amide bonds. The van der Waals surface area contributed by atoms with Gasteiger partial charge in [0.25, 0.3) is 5.56 Å². The summed E-state index contributed by atoms with van der Waals surface area (Å²) in [5.74, 6) is -0.681. The molecule has 0 aliphatic heterocycles. The topological polar surface area (TPSA) is 32.9 Å². The Balaban J connectivity index is 3.49. The number of rotatable bonds is 0. The van der Waals surface area contributed by atoms with Crippen LogP contribution < -0.4 is 5.56 Å². The molecule has 0 aliphatic carbocycles. The van der Waals surface area contributed by atoms with Gasteiger partial charge >= 0.3 is 0 Å². The molecule has 1 aromatic heterocycles. The number of aromatic nitrogens is 1. The maximum Gasteiger partial charge on any atom is 0.284 e. The van der Waals surface area contributed by atoms with Crippen molar-refractivity contribution in [2.45, 2.75) is 13.8 Å². The van der Waals surface area contributed by atoms with Crippen LogP contribution in [0.1, 0.15) is 11.1 Å². The minimum atomic E-state index is -0.681. The molecular formula is C7H8FNO. The number of hydrogen-bond donors (Lipinski definition) is 1. The fourth-order valence-corrected chi connectivity index (χ4v) is 0.689. The van der Waals surface area contributed by atoms with Gasteiger partial charge in [0.2, 0.25) is 0 Å². The van der Waals surface area contributed by atoms with Crippen molar-refractivity contribution in [1.29, 1.82) is 0 Å². The molecule has 1 aromatic rings. The van der Waals surface area contributed by atoms with Crippen LogP contribution in [0.4, 0.5) is 4.39 Å². The first-order valence-electron chi connectivity index (χ1n) is 2.97. The Morgan fingerprint density at radius 3 is 2.60 bits per heavy atom. The van der Waals surface area contributed by atoms with Crippen LogP contribution >= 0.6 is 0 Å². The summed E-state index contributed by atoms with van der Waals surface area (Å²) in [5, 5.41) is 0. The molecule has 0 aromatic carbocycles. The van der Waals surface area contributed by atoms with E-state index in [0.717, 1.165) is 5.56 Å². The highest BCUT2D eigenvalue weighted by Crippen LogP contribution is 2.03. The Morgan fingerprint density at radius 2 is 2.10 bits per heavy atom. The van der Waals surface area contributed by atoms with Gasteiger partial charge in [-0.25, -0.2) is 4.39 Å². The number of halogens is 1. The SMILES string of the molecule is Cc1c[nH]c(=O)c(F)c1C. The molecule has 0 spiro atoms. The van der Waals surface area contributed by atoms with Gasteiger partial charge in [-0.05, 0) is 25.0 Å². The second-order valence-corrected chi connectivity index (χ2v) is 2.24. The maximum atomic E-state index is 12.6. The first-order valence-corrected chi connectivity index (χ1v) is 2.97. The molecule has 0 radical (unpaired) electrons. The molecule has 0 atom stereocenters. The zero-order chi connectivity index (χ0) is 7.72. The number of aromatic amines is 1.